The van der Waals surface area contributed by atoms with Gasteiger partial charge in [0, 0.05) is 31.7 Å². The van der Waals surface area contributed by atoms with Crippen LogP contribution in [0.2, 0.25) is 0 Å². The number of hydrogen-bond acceptors (Lipinski definition) is 3. The van der Waals surface area contributed by atoms with Gasteiger partial charge in [0.05, 0.1) is 5.69 Å². The molecule has 1 aliphatic heterocycles. The molecule has 0 amide bonds. The largest absolute Gasteiger partial charge is 0.396 e. The number of halogens is 1. The minimum atomic E-state index is -0.321. The summed E-state index contributed by atoms with van der Waals surface area (Å²) in [5, 5.41) is 3.48. The maximum absolute atomic E-state index is 13.3. The zero-order valence-corrected chi connectivity index (χ0v) is 10.4. The van der Waals surface area contributed by atoms with Gasteiger partial charge >= 0.3 is 0 Å². The first-order chi connectivity index (χ1) is 8.04. The predicted molar refractivity (Wildman–Crippen MR) is 68.1 cm³/mol. The van der Waals surface area contributed by atoms with Crippen molar-refractivity contribution in [1.82, 2.24) is 10.2 Å². The number of nitrogens with two attached hydrogens (primary N) is 1. The molecule has 3 nitrogen and oxygen atoms in total. The van der Waals surface area contributed by atoms with E-state index in [1.807, 2.05) is 6.07 Å². The maximum atomic E-state index is 13.3. The minimum Gasteiger partial charge on any atom is -0.396 e. The summed E-state index contributed by atoms with van der Waals surface area (Å²) in [6.45, 7) is 7.12. The maximum Gasteiger partial charge on any atom is 0.146 e. The predicted octanol–water partition coefficient (Wildman–Crippen LogP) is 1.59. The Morgan fingerprint density at radius 2 is 2.00 bits per heavy atom. The van der Waals surface area contributed by atoms with Crippen molar-refractivity contribution < 1.29 is 4.39 Å². The molecule has 1 aromatic rings. The fourth-order valence-corrected chi connectivity index (χ4v) is 2.50. The quantitative estimate of drug-likeness (QED) is 0.768. The number of nitrogen functional groups attached to an aromatic ring is 1. The lowest BCUT2D eigenvalue weighted by Gasteiger charge is -2.36. The van der Waals surface area contributed by atoms with E-state index in [9.17, 15) is 4.39 Å². The number of anilines is 1. The molecule has 1 heterocycles. The third kappa shape index (κ3) is 3.17. The average molecular weight is 237 g/mol. The molecular weight excluding hydrogens is 217 g/mol. The molecule has 0 aliphatic carbocycles. The number of nitrogens with one attached hydrogen (secondary N) is 1. The third-order valence-electron chi connectivity index (χ3n) is 3.10. The molecule has 0 bridgehead atoms. The molecule has 3 N–H and O–H groups in total. The Hall–Kier alpha value is -1.13. The second kappa shape index (κ2) is 5.02. The SMILES string of the molecule is C[C@@H]1CN(Cc2ccc(N)c(F)c2)C[C@H](C)N1. The lowest BCUT2D eigenvalue weighted by atomic mass is 10.1. The van der Waals surface area contributed by atoms with E-state index in [2.05, 4.69) is 24.1 Å². The summed E-state index contributed by atoms with van der Waals surface area (Å²) in [6, 6.07) is 6.04. The van der Waals surface area contributed by atoms with Crippen LogP contribution in [0.4, 0.5) is 10.1 Å². The van der Waals surface area contributed by atoms with Crippen LogP contribution in [0.5, 0.6) is 0 Å². The van der Waals surface area contributed by atoms with Crippen LogP contribution in [0.1, 0.15) is 19.4 Å². The van der Waals surface area contributed by atoms with Gasteiger partial charge in [-0.25, -0.2) is 4.39 Å². The van der Waals surface area contributed by atoms with Crippen LogP contribution in [0.3, 0.4) is 0 Å². The van der Waals surface area contributed by atoms with Gasteiger partial charge in [-0.05, 0) is 31.5 Å². The Morgan fingerprint density at radius 3 is 2.59 bits per heavy atom. The summed E-state index contributed by atoms with van der Waals surface area (Å²) in [7, 11) is 0. The van der Waals surface area contributed by atoms with E-state index >= 15 is 0 Å². The number of hydrogen-bond donors (Lipinski definition) is 2. The minimum absolute atomic E-state index is 0.218. The molecule has 0 saturated carbocycles. The molecule has 1 fully saturated rings. The summed E-state index contributed by atoms with van der Waals surface area (Å²) in [4.78, 5) is 2.34. The van der Waals surface area contributed by atoms with Crippen molar-refractivity contribution in [2.75, 3.05) is 18.8 Å². The van der Waals surface area contributed by atoms with Crippen LogP contribution in [0.25, 0.3) is 0 Å². The highest BCUT2D eigenvalue weighted by atomic mass is 19.1. The number of piperazine rings is 1. The molecule has 1 saturated heterocycles. The fraction of sp³-hybridized carbons (Fsp3) is 0.538. The van der Waals surface area contributed by atoms with Crippen molar-refractivity contribution in [3.05, 3.63) is 29.6 Å². The Morgan fingerprint density at radius 1 is 1.35 bits per heavy atom. The molecule has 4 heteroatoms. The van der Waals surface area contributed by atoms with Crippen LogP contribution in [-0.2, 0) is 6.54 Å². The van der Waals surface area contributed by atoms with Crippen LogP contribution in [0.15, 0.2) is 18.2 Å². The standard InChI is InChI=1S/C13H20FN3/c1-9-6-17(7-10(2)16-9)8-11-3-4-13(15)12(14)5-11/h3-5,9-10,16H,6-8,15H2,1-2H3/t9-,10+. The highest BCUT2D eigenvalue weighted by Crippen LogP contribution is 2.15. The normalized spacial score (nSPS) is 26.1. The van der Waals surface area contributed by atoms with Crippen molar-refractivity contribution in [2.24, 2.45) is 0 Å². The van der Waals surface area contributed by atoms with E-state index in [0.717, 1.165) is 25.2 Å². The second-order valence-electron chi connectivity index (χ2n) is 5.02. The van der Waals surface area contributed by atoms with Crippen LogP contribution in [0, 0.1) is 5.82 Å². The van der Waals surface area contributed by atoms with Crippen LogP contribution in [-0.4, -0.2) is 30.1 Å². The molecule has 2 rings (SSSR count). The van der Waals surface area contributed by atoms with E-state index in [-0.39, 0.29) is 11.5 Å². The molecule has 1 aliphatic rings. The topological polar surface area (TPSA) is 41.3 Å². The Labute approximate surface area is 102 Å². The van der Waals surface area contributed by atoms with E-state index in [1.165, 1.54) is 6.07 Å². The summed E-state index contributed by atoms with van der Waals surface area (Å²) >= 11 is 0. The smallest absolute Gasteiger partial charge is 0.146 e. The van der Waals surface area contributed by atoms with Crippen molar-refractivity contribution >= 4 is 5.69 Å². The monoisotopic (exact) mass is 237 g/mol. The highest BCUT2D eigenvalue weighted by Gasteiger charge is 2.20. The second-order valence-corrected chi connectivity index (χ2v) is 5.02. The lowest BCUT2D eigenvalue weighted by Crippen LogP contribution is -2.53. The van der Waals surface area contributed by atoms with E-state index in [4.69, 9.17) is 5.73 Å². The first-order valence-corrected chi connectivity index (χ1v) is 6.07. The Kier molecular flexibility index (Phi) is 3.64. The first-order valence-electron chi connectivity index (χ1n) is 6.07. The van der Waals surface area contributed by atoms with Crippen molar-refractivity contribution in [1.29, 1.82) is 0 Å². The molecule has 1 aromatic carbocycles. The van der Waals surface area contributed by atoms with Crippen molar-refractivity contribution in [3.63, 3.8) is 0 Å². The van der Waals surface area contributed by atoms with Gasteiger partial charge in [-0.3, -0.25) is 4.90 Å². The fourth-order valence-electron chi connectivity index (χ4n) is 2.50. The van der Waals surface area contributed by atoms with Gasteiger partial charge in [0.15, 0.2) is 0 Å². The van der Waals surface area contributed by atoms with Crippen molar-refractivity contribution in [2.45, 2.75) is 32.5 Å². The highest BCUT2D eigenvalue weighted by molar-refractivity contribution is 5.41. The summed E-state index contributed by atoms with van der Waals surface area (Å²) in [5.74, 6) is -0.321. The number of rotatable bonds is 2. The molecule has 2 atom stereocenters. The summed E-state index contributed by atoms with van der Waals surface area (Å²) in [6.07, 6.45) is 0. The zero-order valence-electron chi connectivity index (χ0n) is 10.4. The first kappa shape index (κ1) is 12.3. The van der Waals surface area contributed by atoms with Gasteiger partial charge in [-0.15, -0.1) is 0 Å². The number of benzene rings is 1. The van der Waals surface area contributed by atoms with E-state index in [0.29, 0.717) is 12.1 Å². The zero-order chi connectivity index (χ0) is 12.4. The molecule has 0 spiro atoms. The molecule has 0 unspecified atom stereocenters. The molecule has 17 heavy (non-hydrogen) atoms. The Balaban J connectivity index is 2.02. The lowest BCUT2D eigenvalue weighted by molar-refractivity contribution is 0.166. The van der Waals surface area contributed by atoms with Gasteiger partial charge < -0.3 is 11.1 Å². The van der Waals surface area contributed by atoms with Gasteiger partial charge in [0.1, 0.15) is 5.82 Å². The molecule has 0 aromatic heterocycles. The molecule has 94 valence electrons. The summed E-state index contributed by atoms with van der Waals surface area (Å²) < 4.78 is 13.3. The van der Waals surface area contributed by atoms with Crippen LogP contribution >= 0.6 is 0 Å². The van der Waals surface area contributed by atoms with E-state index < -0.39 is 0 Å². The van der Waals surface area contributed by atoms with Gasteiger partial charge in [0.25, 0.3) is 0 Å². The van der Waals surface area contributed by atoms with Gasteiger partial charge in [0.2, 0.25) is 0 Å². The average Bonchev–Trinajstić information content (AvgIpc) is 2.22. The van der Waals surface area contributed by atoms with Crippen LogP contribution < -0.4 is 11.1 Å². The molecular formula is C13H20FN3. The van der Waals surface area contributed by atoms with Gasteiger partial charge in [-0.1, -0.05) is 6.07 Å². The summed E-state index contributed by atoms with van der Waals surface area (Å²) in [5.41, 5.74) is 6.67. The van der Waals surface area contributed by atoms with E-state index in [1.54, 1.807) is 6.07 Å². The molecule has 0 radical (unpaired) electrons. The third-order valence-corrected chi connectivity index (χ3v) is 3.10. The van der Waals surface area contributed by atoms with Gasteiger partial charge in [-0.2, -0.15) is 0 Å². The Bertz CT molecular complexity index is 384. The number of nitrogens with zero attached hydrogens (tertiary/aromatic N) is 1. The van der Waals surface area contributed by atoms with Crippen molar-refractivity contribution in [3.8, 4) is 0 Å².